The quantitative estimate of drug-likeness (QED) is 0.804. The molecule has 0 aliphatic carbocycles. The number of carbonyl (C=O) groups excluding carboxylic acids is 2. The highest BCUT2D eigenvalue weighted by Gasteiger charge is 2.17. The molecule has 0 unspecified atom stereocenters. The van der Waals surface area contributed by atoms with Crippen molar-refractivity contribution in [1.82, 2.24) is 5.32 Å². The largest absolute Gasteiger partial charge is 0.445 e. The lowest BCUT2D eigenvalue weighted by molar-refractivity contribution is -0.120. The molecule has 0 fully saturated rings. The summed E-state index contributed by atoms with van der Waals surface area (Å²) in [6.45, 7) is 2.08. The van der Waals surface area contributed by atoms with E-state index in [1.165, 1.54) is 0 Å². The first-order valence-corrected chi connectivity index (χ1v) is 5.90. The van der Waals surface area contributed by atoms with E-state index in [1.54, 1.807) is 0 Å². The van der Waals surface area contributed by atoms with Crippen LogP contribution in [0.15, 0.2) is 30.3 Å². The zero-order chi connectivity index (χ0) is 13.4. The van der Waals surface area contributed by atoms with Crippen LogP contribution in [0, 0.1) is 0 Å². The smallest absolute Gasteiger partial charge is 0.408 e. The first-order chi connectivity index (χ1) is 8.63. The zero-order valence-corrected chi connectivity index (χ0v) is 10.4. The summed E-state index contributed by atoms with van der Waals surface area (Å²) in [5.74, 6) is -0.548. The van der Waals surface area contributed by atoms with Crippen LogP contribution in [0.1, 0.15) is 25.3 Å². The lowest BCUT2D eigenvalue weighted by Crippen LogP contribution is -2.44. The molecule has 0 heterocycles. The van der Waals surface area contributed by atoms with Gasteiger partial charge in [0.25, 0.3) is 0 Å². The second-order valence-electron chi connectivity index (χ2n) is 3.95. The van der Waals surface area contributed by atoms with Crippen LogP contribution in [0.5, 0.6) is 0 Å². The van der Waals surface area contributed by atoms with Crippen molar-refractivity contribution in [3.63, 3.8) is 0 Å². The minimum absolute atomic E-state index is 0.171. The van der Waals surface area contributed by atoms with Gasteiger partial charge in [0.2, 0.25) is 5.91 Å². The SMILES string of the molecule is CCC[C@@H](NC(=O)OCc1ccccc1)C(N)=O. The third kappa shape index (κ3) is 4.86. The van der Waals surface area contributed by atoms with Gasteiger partial charge in [0.1, 0.15) is 12.6 Å². The van der Waals surface area contributed by atoms with Gasteiger partial charge < -0.3 is 15.8 Å². The van der Waals surface area contributed by atoms with E-state index in [1.807, 2.05) is 37.3 Å². The molecule has 1 aromatic rings. The van der Waals surface area contributed by atoms with Crippen LogP contribution < -0.4 is 11.1 Å². The monoisotopic (exact) mass is 250 g/mol. The third-order valence-corrected chi connectivity index (χ3v) is 2.43. The van der Waals surface area contributed by atoms with Gasteiger partial charge >= 0.3 is 6.09 Å². The number of alkyl carbamates (subject to hydrolysis) is 1. The van der Waals surface area contributed by atoms with Crippen molar-refractivity contribution in [3.8, 4) is 0 Å². The van der Waals surface area contributed by atoms with Crippen LogP contribution in [0.2, 0.25) is 0 Å². The molecule has 5 heteroatoms. The molecule has 0 saturated heterocycles. The highest BCUT2D eigenvalue weighted by Crippen LogP contribution is 2.02. The lowest BCUT2D eigenvalue weighted by Gasteiger charge is -2.14. The van der Waals surface area contributed by atoms with Gasteiger partial charge in [-0.05, 0) is 12.0 Å². The van der Waals surface area contributed by atoms with Gasteiger partial charge in [0.15, 0.2) is 0 Å². The summed E-state index contributed by atoms with van der Waals surface area (Å²) in [4.78, 5) is 22.5. The summed E-state index contributed by atoms with van der Waals surface area (Å²) < 4.78 is 5.00. The predicted octanol–water partition coefficient (Wildman–Crippen LogP) is 1.57. The van der Waals surface area contributed by atoms with E-state index in [-0.39, 0.29) is 6.61 Å². The Hall–Kier alpha value is -2.04. The Labute approximate surface area is 106 Å². The predicted molar refractivity (Wildman–Crippen MR) is 67.7 cm³/mol. The van der Waals surface area contributed by atoms with Crippen LogP contribution >= 0.6 is 0 Å². The van der Waals surface area contributed by atoms with Crippen LogP contribution in [0.4, 0.5) is 4.79 Å². The second kappa shape index (κ2) is 7.32. The molecule has 5 nitrogen and oxygen atoms in total. The molecule has 0 spiro atoms. The summed E-state index contributed by atoms with van der Waals surface area (Å²) in [7, 11) is 0. The van der Waals surface area contributed by atoms with E-state index in [9.17, 15) is 9.59 Å². The first-order valence-electron chi connectivity index (χ1n) is 5.90. The maximum Gasteiger partial charge on any atom is 0.408 e. The molecule has 0 saturated carbocycles. The van der Waals surface area contributed by atoms with Gasteiger partial charge in [0, 0.05) is 0 Å². The molecule has 2 amide bonds. The van der Waals surface area contributed by atoms with Crippen molar-refractivity contribution < 1.29 is 14.3 Å². The molecule has 0 bridgehead atoms. The normalized spacial score (nSPS) is 11.6. The highest BCUT2D eigenvalue weighted by atomic mass is 16.5. The highest BCUT2D eigenvalue weighted by molar-refractivity contribution is 5.84. The Morgan fingerprint density at radius 1 is 1.33 bits per heavy atom. The number of hydrogen-bond donors (Lipinski definition) is 2. The van der Waals surface area contributed by atoms with E-state index in [0.717, 1.165) is 12.0 Å². The molecular weight excluding hydrogens is 232 g/mol. The molecule has 18 heavy (non-hydrogen) atoms. The van der Waals surface area contributed by atoms with Crippen molar-refractivity contribution in [1.29, 1.82) is 0 Å². The fourth-order valence-electron chi connectivity index (χ4n) is 1.48. The lowest BCUT2D eigenvalue weighted by atomic mass is 10.1. The molecule has 3 N–H and O–H groups in total. The van der Waals surface area contributed by atoms with Gasteiger partial charge in [0.05, 0.1) is 0 Å². The van der Waals surface area contributed by atoms with Crippen molar-refractivity contribution in [2.75, 3.05) is 0 Å². The maximum absolute atomic E-state index is 11.5. The molecule has 0 aliphatic rings. The molecule has 1 aromatic carbocycles. The van der Waals surface area contributed by atoms with Gasteiger partial charge in [-0.3, -0.25) is 4.79 Å². The topological polar surface area (TPSA) is 81.4 Å². The zero-order valence-electron chi connectivity index (χ0n) is 10.4. The van der Waals surface area contributed by atoms with Gasteiger partial charge in [-0.1, -0.05) is 43.7 Å². The average Bonchev–Trinajstić information content (AvgIpc) is 2.37. The number of hydrogen-bond acceptors (Lipinski definition) is 3. The summed E-state index contributed by atoms with van der Waals surface area (Å²) in [6.07, 6.45) is 0.638. The number of nitrogens with two attached hydrogens (primary N) is 1. The Morgan fingerprint density at radius 3 is 2.56 bits per heavy atom. The number of nitrogens with one attached hydrogen (secondary N) is 1. The van der Waals surface area contributed by atoms with Crippen molar-refractivity contribution in [2.45, 2.75) is 32.4 Å². The molecule has 0 radical (unpaired) electrons. The van der Waals surface area contributed by atoms with E-state index in [2.05, 4.69) is 5.32 Å². The van der Waals surface area contributed by atoms with E-state index in [0.29, 0.717) is 6.42 Å². The third-order valence-electron chi connectivity index (χ3n) is 2.43. The number of benzene rings is 1. The molecule has 0 aliphatic heterocycles. The number of amides is 2. The summed E-state index contributed by atoms with van der Waals surface area (Å²) >= 11 is 0. The van der Waals surface area contributed by atoms with Crippen molar-refractivity contribution in [3.05, 3.63) is 35.9 Å². The Bertz CT molecular complexity index is 392. The molecular formula is C13H18N2O3. The van der Waals surface area contributed by atoms with Gasteiger partial charge in [-0.25, -0.2) is 4.79 Å². The molecule has 1 rings (SSSR count). The standard InChI is InChI=1S/C13H18N2O3/c1-2-6-11(12(14)16)15-13(17)18-9-10-7-4-3-5-8-10/h3-5,7-8,11H,2,6,9H2,1H3,(H2,14,16)(H,15,17)/t11-/m1/s1. The Morgan fingerprint density at radius 2 is 2.00 bits per heavy atom. The minimum atomic E-state index is -0.668. The van der Waals surface area contributed by atoms with Crippen LogP contribution in [0.25, 0.3) is 0 Å². The number of primary amides is 1. The summed E-state index contributed by atoms with van der Waals surface area (Å²) in [5.41, 5.74) is 6.06. The number of carbonyl (C=O) groups is 2. The first kappa shape index (κ1) is 14.0. The Balaban J connectivity index is 2.39. The molecule has 98 valence electrons. The second-order valence-corrected chi connectivity index (χ2v) is 3.95. The van der Waals surface area contributed by atoms with E-state index < -0.39 is 18.0 Å². The number of rotatable bonds is 6. The van der Waals surface area contributed by atoms with Crippen LogP contribution in [-0.4, -0.2) is 18.0 Å². The van der Waals surface area contributed by atoms with Crippen molar-refractivity contribution in [2.24, 2.45) is 5.73 Å². The Kier molecular flexibility index (Phi) is 5.70. The van der Waals surface area contributed by atoms with Crippen LogP contribution in [0.3, 0.4) is 0 Å². The maximum atomic E-state index is 11.5. The van der Waals surface area contributed by atoms with Crippen LogP contribution in [-0.2, 0) is 16.1 Å². The van der Waals surface area contributed by atoms with Gasteiger partial charge in [-0.2, -0.15) is 0 Å². The summed E-state index contributed by atoms with van der Waals surface area (Å²) in [5, 5.41) is 2.45. The molecule has 0 aromatic heterocycles. The van der Waals surface area contributed by atoms with E-state index >= 15 is 0 Å². The molecule has 1 atom stereocenters. The fourth-order valence-corrected chi connectivity index (χ4v) is 1.48. The number of ether oxygens (including phenoxy) is 1. The average molecular weight is 250 g/mol. The summed E-state index contributed by atoms with van der Waals surface area (Å²) in [6, 6.07) is 8.64. The van der Waals surface area contributed by atoms with Crippen molar-refractivity contribution >= 4 is 12.0 Å². The van der Waals surface area contributed by atoms with Gasteiger partial charge in [-0.15, -0.1) is 0 Å². The fraction of sp³-hybridized carbons (Fsp3) is 0.385. The van der Waals surface area contributed by atoms with E-state index in [4.69, 9.17) is 10.5 Å². The minimum Gasteiger partial charge on any atom is -0.445 e.